The highest BCUT2D eigenvalue weighted by Crippen LogP contribution is 2.26. The second kappa shape index (κ2) is 9.06. The van der Waals surface area contributed by atoms with Crippen molar-refractivity contribution in [2.24, 2.45) is 0 Å². The van der Waals surface area contributed by atoms with Crippen LogP contribution in [-0.4, -0.2) is 44.5 Å². The lowest BCUT2D eigenvalue weighted by Gasteiger charge is -2.29. The number of hydrogen-bond acceptors (Lipinski definition) is 5. The number of carbonyl (C=O) groups excluding carboxylic acids is 2. The molecule has 2 aromatic rings. The van der Waals surface area contributed by atoms with Gasteiger partial charge < -0.3 is 9.64 Å². The maximum atomic E-state index is 12.7. The van der Waals surface area contributed by atoms with E-state index in [4.69, 9.17) is 4.74 Å². The van der Waals surface area contributed by atoms with Crippen LogP contribution in [0.5, 0.6) is 0 Å². The predicted molar refractivity (Wildman–Crippen MR) is 103 cm³/mol. The summed E-state index contributed by atoms with van der Waals surface area (Å²) in [6.45, 7) is -1.08. The summed E-state index contributed by atoms with van der Waals surface area (Å²) in [6, 6.07) is 12.8. The Morgan fingerprint density at radius 3 is 2.45 bits per heavy atom. The molecule has 166 valence electrons. The molecule has 1 heterocycles. The quantitative estimate of drug-likeness (QED) is 0.673. The maximum Gasteiger partial charge on any atom is 0.471 e. The van der Waals surface area contributed by atoms with Gasteiger partial charge in [-0.05, 0) is 35.2 Å². The van der Waals surface area contributed by atoms with Gasteiger partial charge in [-0.25, -0.2) is 8.42 Å². The van der Waals surface area contributed by atoms with Crippen molar-refractivity contribution in [3.63, 3.8) is 0 Å². The zero-order valence-electron chi connectivity index (χ0n) is 16.2. The molecule has 0 fully saturated rings. The number of halogens is 3. The fourth-order valence-electron chi connectivity index (χ4n) is 3.08. The van der Waals surface area contributed by atoms with Gasteiger partial charge in [-0.2, -0.15) is 17.9 Å². The zero-order valence-corrected chi connectivity index (χ0v) is 17.0. The van der Waals surface area contributed by atoms with Gasteiger partial charge >= 0.3 is 18.1 Å². The number of alkyl halides is 3. The van der Waals surface area contributed by atoms with Crippen molar-refractivity contribution in [1.82, 2.24) is 9.62 Å². The van der Waals surface area contributed by atoms with Crippen molar-refractivity contribution in [3.05, 3.63) is 65.2 Å². The first-order valence-corrected chi connectivity index (χ1v) is 10.7. The Balaban J connectivity index is 1.63. The first-order chi connectivity index (χ1) is 14.6. The van der Waals surface area contributed by atoms with Crippen molar-refractivity contribution < 1.29 is 35.9 Å². The largest absolute Gasteiger partial charge is 0.471 e. The summed E-state index contributed by atoms with van der Waals surface area (Å²) in [5.41, 5.74) is 1.71. The number of fused-ring (bicyclic) bond motifs is 1. The van der Waals surface area contributed by atoms with E-state index in [1.54, 1.807) is 30.3 Å². The van der Waals surface area contributed by atoms with Crippen LogP contribution in [-0.2, 0) is 43.9 Å². The molecule has 1 N–H and O–H groups in total. The van der Waals surface area contributed by atoms with Crippen LogP contribution in [0.2, 0.25) is 0 Å². The molecule has 11 heteroatoms. The molecule has 0 saturated heterocycles. The third-order valence-corrected chi connectivity index (χ3v) is 6.08. The first kappa shape index (κ1) is 22.8. The van der Waals surface area contributed by atoms with Crippen LogP contribution in [0.4, 0.5) is 13.2 Å². The number of ether oxygens (including phenoxy) is 1. The molecule has 0 aromatic heterocycles. The zero-order chi connectivity index (χ0) is 22.6. The van der Waals surface area contributed by atoms with E-state index in [0.29, 0.717) is 16.0 Å². The van der Waals surface area contributed by atoms with Gasteiger partial charge in [-0.15, -0.1) is 0 Å². The highest BCUT2D eigenvalue weighted by Gasteiger charge is 2.43. The third kappa shape index (κ3) is 5.82. The Hall–Kier alpha value is -2.92. The summed E-state index contributed by atoms with van der Waals surface area (Å²) in [6.07, 6.45) is -4.82. The summed E-state index contributed by atoms with van der Waals surface area (Å²) in [5, 5.41) is 0. The topological polar surface area (TPSA) is 92.8 Å². The van der Waals surface area contributed by atoms with Crippen molar-refractivity contribution in [3.8, 4) is 0 Å². The molecule has 0 atom stereocenters. The van der Waals surface area contributed by atoms with Gasteiger partial charge in [-0.1, -0.05) is 36.4 Å². The van der Waals surface area contributed by atoms with E-state index in [1.807, 2.05) is 0 Å². The van der Waals surface area contributed by atoms with Gasteiger partial charge in [0.05, 0.1) is 4.90 Å². The van der Waals surface area contributed by atoms with E-state index in [2.05, 4.69) is 4.72 Å². The molecule has 7 nitrogen and oxygen atoms in total. The molecule has 1 aliphatic rings. The van der Waals surface area contributed by atoms with Crippen molar-refractivity contribution in [1.29, 1.82) is 0 Å². The lowest BCUT2D eigenvalue weighted by molar-refractivity contribution is -0.186. The minimum Gasteiger partial charge on any atom is -0.460 e. The second-order valence-corrected chi connectivity index (χ2v) is 8.64. The van der Waals surface area contributed by atoms with Gasteiger partial charge in [0.2, 0.25) is 10.0 Å². The third-order valence-electron chi connectivity index (χ3n) is 4.68. The van der Waals surface area contributed by atoms with Crippen LogP contribution in [0, 0.1) is 0 Å². The Morgan fingerprint density at radius 1 is 1.06 bits per heavy atom. The second-order valence-electron chi connectivity index (χ2n) is 6.88. The number of esters is 1. The average Bonchev–Trinajstić information content (AvgIpc) is 2.75. The van der Waals surface area contributed by atoms with Gasteiger partial charge in [0.25, 0.3) is 0 Å². The number of sulfonamides is 1. The van der Waals surface area contributed by atoms with Crippen molar-refractivity contribution in [2.75, 3.05) is 13.1 Å². The fraction of sp³-hybridized carbons (Fsp3) is 0.300. The van der Waals surface area contributed by atoms with Gasteiger partial charge in [0.1, 0.15) is 13.2 Å². The molecule has 0 bridgehead atoms. The van der Waals surface area contributed by atoms with Crippen LogP contribution in [0.1, 0.15) is 16.7 Å². The van der Waals surface area contributed by atoms with E-state index >= 15 is 0 Å². The monoisotopic (exact) mass is 456 g/mol. The molecule has 0 spiro atoms. The number of benzene rings is 2. The van der Waals surface area contributed by atoms with E-state index in [9.17, 15) is 31.2 Å². The van der Waals surface area contributed by atoms with Crippen LogP contribution in [0.25, 0.3) is 0 Å². The Bertz CT molecular complexity index is 1070. The summed E-state index contributed by atoms with van der Waals surface area (Å²) < 4.78 is 70.2. The Labute approximate surface area is 176 Å². The van der Waals surface area contributed by atoms with Crippen LogP contribution in [0.3, 0.4) is 0 Å². The first-order valence-electron chi connectivity index (χ1n) is 9.23. The standard InChI is InChI=1S/C20H19F3N2O5S/c21-20(22,23)19(27)25-9-8-15-6-7-17(10-16(15)12-25)31(28,29)24-11-18(26)30-13-14-4-2-1-3-5-14/h1-7,10,24H,8-9,11-13H2. The number of nitrogens with one attached hydrogen (secondary N) is 1. The lowest BCUT2D eigenvalue weighted by atomic mass is 10.00. The van der Waals surface area contributed by atoms with Crippen LogP contribution >= 0.6 is 0 Å². The summed E-state index contributed by atoms with van der Waals surface area (Å²) in [4.78, 5) is 23.7. The number of nitrogens with zero attached hydrogens (tertiary/aromatic N) is 1. The van der Waals surface area contributed by atoms with Gasteiger partial charge in [0, 0.05) is 13.1 Å². The van der Waals surface area contributed by atoms with E-state index in [1.165, 1.54) is 18.2 Å². The molecular formula is C20H19F3N2O5S. The fourth-order valence-corrected chi connectivity index (χ4v) is 4.10. The molecule has 1 aliphatic heterocycles. The summed E-state index contributed by atoms with van der Waals surface area (Å²) in [7, 11) is -4.11. The number of amides is 1. The summed E-state index contributed by atoms with van der Waals surface area (Å²) in [5.74, 6) is -2.75. The molecule has 2 aromatic carbocycles. The van der Waals surface area contributed by atoms with E-state index in [0.717, 1.165) is 5.56 Å². The Morgan fingerprint density at radius 2 is 1.77 bits per heavy atom. The molecule has 0 unspecified atom stereocenters. The molecule has 3 rings (SSSR count). The number of carbonyl (C=O) groups is 2. The smallest absolute Gasteiger partial charge is 0.460 e. The van der Waals surface area contributed by atoms with Crippen molar-refractivity contribution >= 4 is 21.9 Å². The predicted octanol–water partition coefficient (Wildman–Crippen LogP) is 2.16. The summed E-state index contributed by atoms with van der Waals surface area (Å²) >= 11 is 0. The maximum absolute atomic E-state index is 12.7. The molecule has 0 saturated carbocycles. The lowest BCUT2D eigenvalue weighted by Crippen LogP contribution is -2.43. The van der Waals surface area contributed by atoms with Gasteiger partial charge in [-0.3, -0.25) is 9.59 Å². The van der Waals surface area contributed by atoms with E-state index in [-0.39, 0.29) is 31.0 Å². The Kier molecular flexibility index (Phi) is 6.65. The van der Waals surface area contributed by atoms with Crippen molar-refractivity contribution in [2.45, 2.75) is 30.6 Å². The van der Waals surface area contributed by atoms with E-state index < -0.39 is 34.6 Å². The van der Waals surface area contributed by atoms with Gasteiger partial charge in [0.15, 0.2) is 0 Å². The number of hydrogen-bond donors (Lipinski definition) is 1. The molecule has 0 aliphatic carbocycles. The molecule has 1 amide bonds. The van der Waals surface area contributed by atoms with Crippen LogP contribution < -0.4 is 4.72 Å². The molecule has 31 heavy (non-hydrogen) atoms. The minimum absolute atomic E-state index is 0.0106. The number of rotatable bonds is 6. The average molecular weight is 456 g/mol. The SMILES string of the molecule is O=C(CNS(=O)(=O)c1ccc2c(c1)CN(C(=O)C(F)(F)F)CC2)OCc1ccccc1. The highest BCUT2D eigenvalue weighted by molar-refractivity contribution is 7.89. The molecule has 0 radical (unpaired) electrons. The minimum atomic E-state index is -5.00. The normalized spacial score (nSPS) is 14.1. The highest BCUT2D eigenvalue weighted by atomic mass is 32.2. The van der Waals surface area contributed by atoms with Crippen LogP contribution in [0.15, 0.2) is 53.4 Å². The molecular weight excluding hydrogens is 437 g/mol.